The van der Waals surface area contributed by atoms with Gasteiger partial charge in [0, 0.05) is 29.9 Å². The maximum atomic E-state index is 12.1. The minimum Gasteiger partial charge on any atom is -0.350 e. The van der Waals surface area contributed by atoms with E-state index in [1.165, 1.54) is 12.8 Å². The van der Waals surface area contributed by atoms with Crippen LogP contribution in [-0.4, -0.2) is 26.2 Å². The highest BCUT2D eigenvalue weighted by Crippen LogP contribution is 2.39. The molecule has 4 rings (SSSR count). The highest BCUT2D eigenvalue weighted by Gasteiger charge is 2.26. The Balaban J connectivity index is 1.49. The summed E-state index contributed by atoms with van der Waals surface area (Å²) >= 11 is 0. The van der Waals surface area contributed by atoms with Crippen LogP contribution in [0.4, 0.5) is 5.82 Å². The van der Waals surface area contributed by atoms with Gasteiger partial charge in [-0.15, -0.1) is 0 Å². The van der Waals surface area contributed by atoms with Gasteiger partial charge < -0.3 is 9.84 Å². The molecule has 0 saturated heterocycles. The van der Waals surface area contributed by atoms with Gasteiger partial charge in [0.05, 0.1) is 5.69 Å². The van der Waals surface area contributed by atoms with Crippen LogP contribution in [0.5, 0.6) is 0 Å². The van der Waals surface area contributed by atoms with E-state index in [9.17, 15) is 4.79 Å². The molecule has 110 valence electrons. The van der Waals surface area contributed by atoms with E-state index in [1.54, 1.807) is 18.3 Å². The maximum Gasteiger partial charge on any atom is 0.295 e. The van der Waals surface area contributed by atoms with Crippen molar-refractivity contribution in [3.63, 3.8) is 0 Å². The van der Waals surface area contributed by atoms with Crippen LogP contribution in [0.1, 0.15) is 35.0 Å². The number of hydrogen-bond donors (Lipinski definition) is 2. The normalized spacial score (nSPS) is 14.0. The number of carbonyl (C=O) groups is 1. The average molecular weight is 295 g/mol. The number of H-pyrrole nitrogens is 1. The molecule has 3 aromatic heterocycles. The number of pyridine rings is 1. The summed E-state index contributed by atoms with van der Waals surface area (Å²) < 4.78 is 5.08. The zero-order valence-electron chi connectivity index (χ0n) is 11.6. The predicted molar refractivity (Wildman–Crippen MR) is 78.2 cm³/mol. The summed E-state index contributed by atoms with van der Waals surface area (Å²) in [6.07, 6.45) is 4.00. The van der Waals surface area contributed by atoms with E-state index in [0.717, 1.165) is 5.69 Å². The first-order valence-corrected chi connectivity index (χ1v) is 7.04. The Bertz CT molecular complexity index is 804. The summed E-state index contributed by atoms with van der Waals surface area (Å²) in [6, 6.07) is 8.87. The number of aromatic nitrogens is 4. The van der Waals surface area contributed by atoms with E-state index in [-0.39, 0.29) is 11.7 Å². The first kappa shape index (κ1) is 12.8. The number of rotatable bonds is 4. The molecule has 0 spiro atoms. The fourth-order valence-corrected chi connectivity index (χ4v) is 2.20. The van der Waals surface area contributed by atoms with Crippen molar-refractivity contribution in [3.05, 3.63) is 48.0 Å². The molecule has 7 heteroatoms. The summed E-state index contributed by atoms with van der Waals surface area (Å²) in [4.78, 5) is 16.3. The smallest absolute Gasteiger partial charge is 0.295 e. The number of carbonyl (C=O) groups excluding carboxylic acids is 1. The third-order valence-electron chi connectivity index (χ3n) is 3.52. The van der Waals surface area contributed by atoms with Crippen LogP contribution < -0.4 is 5.32 Å². The van der Waals surface area contributed by atoms with E-state index in [2.05, 4.69) is 25.7 Å². The molecule has 0 bridgehead atoms. The van der Waals surface area contributed by atoms with Crippen molar-refractivity contribution in [2.75, 3.05) is 5.32 Å². The second-order valence-corrected chi connectivity index (χ2v) is 5.23. The van der Waals surface area contributed by atoms with E-state index in [1.807, 2.05) is 18.2 Å². The van der Waals surface area contributed by atoms with Crippen molar-refractivity contribution < 1.29 is 9.32 Å². The second-order valence-electron chi connectivity index (χ2n) is 5.23. The standard InChI is InChI=1S/C15H13N5O2/c21-15(17-14-8-11(18-19-14)9-4-5-9)13-7-12(20-22-13)10-3-1-2-6-16-10/h1-3,6-9H,4-5H2,(H2,17,18,19,21). The predicted octanol–water partition coefficient (Wildman–Crippen LogP) is 2.59. The van der Waals surface area contributed by atoms with Crippen molar-refractivity contribution in [2.45, 2.75) is 18.8 Å². The van der Waals surface area contributed by atoms with Crippen molar-refractivity contribution >= 4 is 11.7 Å². The van der Waals surface area contributed by atoms with Gasteiger partial charge in [0.1, 0.15) is 5.69 Å². The lowest BCUT2D eigenvalue weighted by atomic mass is 10.2. The lowest BCUT2D eigenvalue weighted by Crippen LogP contribution is -2.11. The quantitative estimate of drug-likeness (QED) is 0.771. The van der Waals surface area contributed by atoms with Crippen molar-refractivity contribution in [3.8, 4) is 11.4 Å². The first-order valence-electron chi connectivity index (χ1n) is 7.04. The fraction of sp³-hybridized carbons (Fsp3) is 0.200. The van der Waals surface area contributed by atoms with Gasteiger partial charge >= 0.3 is 0 Å². The molecule has 1 amide bonds. The van der Waals surface area contributed by atoms with Crippen molar-refractivity contribution in [1.82, 2.24) is 20.3 Å². The van der Waals surface area contributed by atoms with Gasteiger partial charge in [-0.1, -0.05) is 11.2 Å². The maximum absolute atomic E-state index is 12.1. The molecular formula is C15H13N5O2. The Morgan fingerprint density at radius 3 is 2.95 bits per heavy atom. The Kier molecular flexibility index (Phi) is 2.96. The van der Waals surface area contributed by atoms with Crippen LogP contribution in [0, 0.1) is 0 Å². The van der Waals surface area contributed by atoms with Crippen molar-refractivity contribution in [2.24, 2.45) is 0 Å². The van der Waals surface area contributed by atoms with E-state index < -0.39 is 0 Å². The topological polar surface area (TPSA) is 96.7 Å². The van der Waals surface area contributed by atoms with Gasteiger partial charge in [-0.05, 0) is 25.0 Å². The van der Waals surface area contributed by atoms with E-state index in [4.69, 9.17) is 4.52 Å². The molecule has 2 N–H and O–H groups in total. The SMILES string of the molecule is O=C(Nc1cc(C2CC2)[nH]n1)c1cc(-c2ccccn2)no1. The average Bonchev–Trinajstić information content (AvgIpc) is 3.10. The third-order valence-corrected chi connectivity index (χ3v) is 3.52. The van der Waals surface area contributed by atoms with Crippen LogP contribution in [0.2, 0.25) is 0 Å². The Morgan fingerprint density at radius 2 is 2.18 bits per heavy atom. The number of nitrogens with one attached hydrogen (secondary N) is 2. The highest BCUT2D eigenvalue weighted by atomic mass is 16.5. The number of amides is 1. The van der Waals surface area contributed by atoms with Crippen LogP contribution in [0.3, 0.4) is 0 Å². The monoisotopic (exact) mass is 295 g/mol. The zero-order valence-corrected chi connectivity index (χ0v) is 11.6. The summed E-state index contributed by atoms with van der Waals surface area (Å²) in [5.41, 5.74) is 2.23. The molecule has 1 aliphatic carbocycles. The molecule has 0 aliphatic heterocycles. The molecule has 0 radical (unpaired) electrons. The van der Waals surface area contributed by atoms with Crippen LogP contribution >= 0.6 is 0 Å². The molecule has 3 aromatic rings. The Morgan fingerprint density at radius 1 is 1.27 bits per heavy atom. The first-order chi connectivity index (χ1) is 10.8. The van der Waals surface area contributed by atoms with Crippen LogP contribution in [0.15, 0.2) is 41.1 Å². The summed E-state index contributed by atoms with van der Waals surface area (Å²) in [5, 5.41) is 13.6. The lowest BCUT2D eigenvalue weighted by molar-refractivity contribution is 0.0987. The molecule has 1 fully saturated rings. The van der Waals surface area contributed by atoms with Crippen LogP contribution in [-0.2, 0) is 0 Å². The lowest BCUT2D eigenvalue weighted by Gasteiger charge is -1.95. The van der Waals surface area contributed by atoms with Gasteiger partial charge in [-0.2, -0.15) is 5.10 Å². The Hall–Kier alpha value is -2.96. The molecule has 1 saturated carbocycles. The van der Waals surface area contributed by atoms with Gasteiger partial charge in [0.2, 0.25) is 5.76 Å². The molecule has 7 nitrogen and oxygen atoms in total. The largest absolute Gasteiger partial charge is 0.350 e. The summed E-state index contributed by atoms with van der Waals surface area (Å²) in [5.74, 6) is 0.780. The van der Waals surface area contributed by atoms with E-state index >= 15 is 0 Å². The van der Waals surface area contributed by atoms with Gasteiger partial charge in [0.25, 0.3) is 5.91 Å². The molecule has 0 aromatic carbocycles. The molecule has 1 aliphatic rings. The van der Waals surface area contributed by atoms with Gasteiger partial charge in [-0.25, -0.2) is 0 Å². The zero-order chi connectivity index (χ0) is 14.9. The summed E-state index contributed by atoms with van der Waals surface area (Å²) in [6.45, 7) is 0. The van der Waals surface area contributed by atoms with Crippen LogP contribution in [0.25, 0.3) is 11.4 Å². The number of aromatic amines is 1. The number of anilines is 1. The molecule has 0 unspecified atom stereocenters. The highest BCUT2D eigenvalue weighted by molar-refractivity contribution is 6.02. The molecule has 3 heterocycles. The Labute approximate surface area is 125 Å². The van der Waals surface area contributed by atoms with Gasteiger partial charge in [-0.3, -0.25) is 14.9 Å². The fourth-order valence-electron chi connectivity index (χ4n) is 2.20. The third kappa shape index (κ3) is 2.48. The number of hydrogen-bond acceptors (Lipinski definition) is 5. The second kappa shape index (κ2) is 5.10. The van der Waals surface area contributed by atoms with Crippen molar-refractivity contribution in [1.29, 1.82) is 0 Å². The number of nitrogens with zero attached hydrogens (tertiary/aromatic N) is 3. The van der Waals surface area contributed by atoms with E-state index in [0.29, 0.717) is 23.1 Å². The molecule has 0 atom stereocenters. The minimum atomic E-state index is -0.386. The molecular weight excluding hydrogens is 282 g/mol. The summed E-state index contributed by atoms with van der Waals surface area (Å²) in [7, 11) is 0. The van der Waals surface area contributed by atoms with Gasteiger partial charge in [0.15, 0.2) is 5.82 Å². The molecule has 22 heavy (non-hydrogen) atoms. The minimum absolute atomic E-state index is 0.122.